The minimum Gasteiger partial charge on any atom is -0.0622 e. The zero-order valence-electron chi connectivity index (χ0n) is 10.4. The first kappa shape index (κ1) is 12.2. The van der Waals surface area contributed by atoms with Crippen molar-refractivity contribution in [2.24, 2.45) is 0 Å². The Labute approximate surface area is 121 Å². The Kier molecular flexibility index (Phi) is 3.47. The van der Waals surface area contributed by atoms with Crippen LogP contribution in [0.25, 0.3) is 22.9 Å². The highest BCUT2D eigenvalue weighted by atomic mass is 79.9. The fourth-order valence-corrected chi connectivity index (χ4v) is 2.47. The molecule has 0 radical (unpaired) electrons. The van der Waals surface area contributed by atoms with Gasteiger partial charge in [0.1, 0.15) is 0 Å². The number of fused-ring (bicyclic) bond motifs is 1. The minimum atomic E-state index is 1.12. The van der Waals surface area contributed by atoms with Gasteiger partial charge in [0, 0.05) is 4.47 Å². The molecule has 0 amide bonds. The van der Waals surface area contributed by atoms with Gasteiger partial charge in [-0.3, -0.25) is 0 Å². The van der Waals surface area contributed by atoms with Gasteiger partial charge in [-0.05, 0) is 40.1 Å². The van der Waals surface area contributed by atoms with E-state index in [1.54, 1.807) is 0 Å². The summed E-state index contributed by atoms with van der Waals surface area (Å²) in [4.78, 5) is 0. The Morgan fingerprint density at radius 1 is 0.632 bits per heavy atom. The van der Waals surface area contributed by atoms with Crippen LogP contribution in [-0.2, 0) is 0 Å². The van der Waals surface area contributed by atoms with Crippen molar-refractivity contribution in [3.63, 3.8) is 0 Å². The molecule has 0 aromatic heterocycles. The second kappa shape index (κ2) is 5.41. The Hall–Kier alpha value is -1.86. The molecule has 0 fully saturated rings. The SMILES string of the molecule is Brc1ccc2cc(/C=C/c3ccccc3)ccc2c1. The Bertz CT molecular complexity index is 727. The van der Waals surface area contributed by atoms with E-state index in [9.17, 15) is 0 Å². The molecule has 0 nitrogen and oxygen atoms in total. The standard InChI is InChI=1S/C18H13Br/c19-18-11-10-16-12-15(8-9-17(16)13-18)7-6-14-4-2-1-3-5-14/h1-13H/b7-6+. The lowest BCUT2D eigenvalue weighted by Crippen LogP contribution is -1.76. The molecule has 3 rings (SSSR count). The van der Waals surface area contributed by atoms with Gasteiger partial charge in [0.05, 0.1) is 0 Å². The van der Waals surface area contributed by atoms with Crippen molar-refractivity contribution < 1.29 is 0 Å². The first-order valence-electron chi connectivity index (χ1n) is 6.24. The van der Waals surface area contributed by atoms with Crippen LogP contribution in [0.1, 0.15) is 11.1 Å². The second-order valence-electron chi connectivity index (χ2n) is 4.49. The van der Waals surface area contributed by atoms with Crippen LogP contribution in [0.2, 0.25) is 0 Å². The van der Waals surface area contributed by atoms with Crippen LogP contribution >= 0.6 is 15.9 Å². The van der Waals surface area contributed by atoms with Gasteiger partial charge in [-0.15, -0.1) is 0 Å². The first-order chi connectivity index (χ1) is 9.31. The molecule has 0 atom stereocenters. The van der Waals surface area contributed by atoms with Gasteiger partial charge in [0.15, 0.2) is 0 Å². The third-order valence-corrected chi connectivity index (χ3v) is 3.59. The van der Waals surface area contributed by atoms with Crippen molar-refractivity contribution in [3.05, 3.63) is 82.3 Å². The van der Waals surface area contributed by atoms with Gasteiger partial charge in [0.2, 0.25) is 0 Å². The fraction of sp³-hybridized carbons (Fsp3) is 0. The predicted octanol–water partition coefficient (Wildman–Crippen LogP) is 5.77. The molecular weight excluding hydrogens is 296 g/mol. The summed E-state index contributed by atoms with van der Waals surface area (Å²) >= 11 is 3.50. The Morgan fingerprint density at radius 2 is 1.32 bits per heavy atom. The van der Waals surface area contributed by atoms with Crippen molar-refractivity contribution in [1.82, 2.24) is 0 Å². The molecule has 0 spiro atoms. The molecule has 0 unspecified atom stereocenters. The van der Waals surface area contributed by atoms with Crippen LogP contribution in [-0.4, -0.2) is 0 Å². The van der Waals surface area contributed by atoms with E-state index in [4.69, 9.17) is 0 Å². The molecule has 92 valence electrons. The normalized spacial score (nSPS) is 11.2. The Balaban J connectivity index is 1.94. The monoisotopic (exact) mass is 308 g/mol. The predicted molar refractivity (Wildman–Crippen MR) is 87.0 cm³/mol. The number of hydrogen-bond acceptors (Lipinski definition) is 0. The highest BCUT2D eigenvalue weighted by molar-refractivity contribution is 9.10. The molecule has 0 aliphatic heterocycles. The average Bonchev–Trinajstić information content (AvgIpc) is 2.46. The van der Waals surface area contributed by atoms with Crippen LogP contribution in [0.3, 0.4) is 0 Å². The van der Waals surface area contributed by atoms with E-state index in [-0.39, 0.29) is 0 Å². The van der Waals surface area contributed by atoms with Gasteiger partial charge in [0.25, 0.3) is 0 Å². The molecule has 0 saturated heterocycles. The van der Waals surface area contributed by atoms with E-state index in [0.717, 1.165) is 4.47 Å². The molecule has 0 aliphatic rings. The van der Waals surface area contributed by atoms with Crippen molar-refractivity contribution in [3.8, 4) is 0 Å². The zero-order valence-corrected chi connectivity index (χ0v) is 12.0. The quantitative estimate of drug-likeness (QED) is 0.527. The van der Waals surface area contributed by atoms with E-state index in [1.807, 2.05) is 6.07 Å². The molecule has 0 aliphatic carbocycles. The molecule has 1 heteroatoms. The minimum absolute atomic E-state index is 1.12. The van der Waals surface area contributed by atoms with Gasteiger partial charge in [-0.25, -0.2) is 0 Å². The average molecular weight is 309 g/mol. The van der Waals surface area contributed by atoms with Crippen molar-refractivity contribution in [2.75, 3.05) is 0 Å². The summed E-state index contributed by atoms with van der Waals surface area (Å²) in [6, 6.07) is 23.2. The zero-order chi connectivity index (χ0) is 13.1. The number of hydrogen-bond donors (Lipinski definition) is 0. The molecule has 0 N–H and O–H groups in total. The van der Waals surface area contributed by atoms with Crippen LogP contribution < -0.4 is 0 Å². The molecule has 19 heavy (non-hydrogen) atoms. The summed E-state index contributed by atoms with van der Waals surface area (Å²) in [5.41, 5.74) is 2.44. The maximum atomic E-state index is 3.50. The van der Waals surface area contributed by atoms with Crippen molar-refractivity contribution in [1.29, 1.82) is 0 Å². The van der Waals surface area contributed by atoms with E-state index < -0.39 is 0 Å². The number of benzene rings is 3. The van der Waals surface area contributed by atoms with Crippen LogP contribution in [0.4, 0.5) is 0 Å². The third kappa shape index (κ3) is 2.94. The maximum absolute atomic E-state index is 3.50. The Morgan fingerprint density at radius 3 is 2.16 bits per heavy atom. The summed E-state index contributed by atoms with van der Waals surface area (Å²) in [6.07, 6.45) is 4.29. The largest absolute Gasteiger partial charge is 0.0622 e. The topological polar surface area (TPSA) is 0 Å². The number of halogens is 1. The molecular formula is C18H13Br. The smallest absolute Gasteiger partial charge is 0.0181 e. The van der Waals surface area contributed by atoms with Crippen LogP contribution in [0, 0.1) is 0 Å². The van der Waals surface area contributed by atoms with Gasteiger partial charge >= 0.3 is 0 Å². The van der Waals surface area contributed by atoms with Gasteiger partial charge in [-0.1, -0.05) is 76.6 Å². The third-order valence-electron chi connectivity index (χ3n) is 3.09. The lowest BCUT2D eigenvalue weighted by Gasteiger charge is -2.00. The van der Waals surface area contributed by atoms with Crippen molar-refractivity contribution in [2.45, 2.75) is 0 Å². The highest BCUT2D eigenvalue weighted by Crippen LogP contribution is 2.21. The summed E-state index contributed by atoms with van der Waals surface area (Å²) in [5, 5.41) is 2.52. The molecule has 0 heterocycles. The van der Waals surface area contributed by atoms with E-state index in [1.165, 1.54) is 21.9 Å². The molecule has 0 saturated carbocycles. The summed E-state index contributed by atoms with van der Waals surface area (Å²) in [7, 11) is 0. The van der Waals surface area contributed by atoms with Crippen LogP contribution in [0.15, 0.2) is 71.2 Å². The fourth-order valence-electron chi connectivity index (χ4n) is 2.10. The van der Waals surface area contributed by atoms with E-state index in [2.05, 4.69) is 88.7 Å². The van der Waals surface area contributed by atoms with Gasteiger partial charge in [-0.2, -0.15) is 0 Å². The summed E-state index contributed by atoms with van der Waals surface area (Å²) in [5.74, 6) is 0. The lowest BCUT2D eigenvalue weighted by atomic mass is 10.1. The second-order valence-corrected chi connectivity index (χ2v) is 5.41. The summed E-state index contributed by atoms with van der Waals surface area (Å²) in [6.45, 7) is 0. The van der Waals surface area contributed by atoms with E-state index in [0.29, 0.717) is 0 Å². The molecule has 0 bridgehead atoms. The van der Waals surface area contributed by atoms with Crippen LogP contribution in [0.5, 0.6) is 0 Å². The first-order valence-corrected chi connectivity index (χ1v) is 7.03. The van der Waals surface area contributed by atoms with Gasteiger partial charge < -0.3 is 0 Å². The molecule has 3 aromatic carbocycles. The maximum Gasteiger partial charge on any atom is 0.0181 e. The number of rotatable bonds is 2. The van der Waals surface area contributed by atoms with Crippen molar-refractivity contribution >= 4 is 38.9 Å². The lowest BCUT2D eigenvalue weighted by molar-refractivity contribution is 1.65. The summed E-state index contributed by atoms with van der Waals surface area (Å²) < 4.78 is 1.12. The van der Waals surface area contributed by atoms with E-state index >= 15 is 0 Å². The molecule has 3 aromatic rings. The highest BCUT2D eigenvalue weighted by Gasteiger charge is 1.95.